The minimum absolute atomic E-state index is 0.286. The van der Waals surface area contributed by atoms with Gasteiger partial charge >= 0.3 is 0 Å². The van der Waals surface area contributed by atoms with Gasteiger partial charge in [0.05, 0.1) is 18.6 Å². The lowest BCUT2D eigenvalue weighted by molar-refractivity contribution is -0.0690. The zero-order chi connectivity index (χ0) is 12.6. The molecule has 1 aromatic rings. The number of hydrogen-bond acceptors (Lipinski definition) is 4. The maximum atomic E-state index is 5.55. The summed E-state index contributed by atoms with van der Waals surface area (Å²) in [7, 11) is 2.22. The van der Waals surface area contributed by atoms with E-state index in [1.807, 2.05) is 11.3 Å². The molecule has 1 unspecified atom stereocenters. The van der Waals surface area contributed by atoms with Crippen molar-refractivity contribution < 1.29 is 4.74 Å². The summed E-state index contributed by atoms with van der Waals surface area (Å²) in [6.07, 6.45) is 1.21. The van der Waals surface area contributed by atoms with Gasteiger partial charge < -0.3 is 15.0 Å². The van der Waals surface area contributed by atoms with Crippen LogP contribution in [0.2, 0.25) is 0 Å². The molecule has 2 aliphatic rings. The van der Waals surface area contributed by atoms with Gasteiger partial charge in [0.2, 0.25) is 0 Å². The number of rotatable bonds is 3. The second-order valence-electron chi connectivity index (χ2n) is 5.82. The Morgan fingerprint density at radius 1 is 1.56 bits per heavy atom. The van der Waals surface area contributed by atoms with Crippen molar-refractivity contribution in [3.8, 4) is 0 Å². The molecule has 2 fully saturated rings. The van der Waals surface area contributed by atoms with Crippen molar-refractivity contribution in [1.29, 1.82) is 0 Å². The monoisotopic (exact) mass is 266 g/mol. The summed E-state index contributed by atoms with van der Waals surface area (Å²) in [5, 5.41) is 5.88. The summed E-state index contributed by atoms with van der Waals surface area (Å²) < 4.78 is 5.55. The normalized spacial score (nSPS) is 28.0. The first-order valence-electron chi connectivity index (χ1n) is 6.74. The highest BCUT2D eigenvalue weighted by molar-refractivity contribution is 7.10. The van der Waals surface area contributed by atoms with Gasteiger partial charge in [-0.15, -0.1) is 11.3 Å². The average molecular weight is 266 g/mol. The van der Waals surface area contributed by atoms with Crippen LogP contribution in [0.25, 0.3) is 0 Å². The van der Waals surface area contributed by atoms with Crippen LogP contribution in [0.1, 0.15) is 16.9 Å². The van der Waals surface area contributed by atoms with Gasteiger partial charge in [-0.05, 0) is 37.4 Å². The molecule has 0 aliphatic carbocycles. The summed E-state index contributed by atoms with van der Waals surface area (Å²) in [4.78, 5) is 3.97. The third-order valence-corrected chi connectivity index (χ3v) is 5.46. The largest absolute Gasteiger partial charge is 0.379 e. The quantitative estimate of drug-likeness (QED) is 0.900. The first kappa shape index (κ1) is 12.6. The van der Waals surface area contributed by atoms with E-state index in [1.54, 1.807) is 4.88 Å². The van der Waals surface area contributed by atoms with Gasteiger partial charge in [-0.25, -0.2) is 0 Å². The van der Waals surface area contributed by atoms with Gasteiger partial charge in [-0.3, -0.25) is 0 Å². The van der Waals surface area contributed by atoms with Gasteiger partial charge in [-0.2, -0.15) is 0 Å². The van der Waals surface area contributed by atoms with Gasteiger partial charge in [-0.1, -0.05) is 0 Å². The molecule has 3 rings (SSSR count). The highest BCUT2D eigenvalue weighted by Crippen LogP contribution is 2.41. The minimum atomic E-state index is 0.286. The van der Waals surface area contributed by atoms with Crippen molar-refractivity contribution in [1.82, 2.24) is 10.2 Å². The summed E-state index contributed by atoms with van der Waals surface area (Å²) in [6, 6.07) is 2.84. The Morgan fingerprint density at radius 2 is 2.39 bits per heavy atom. The topological polar surface area (TPSA) is 24.5 Å². The van der Waals surface area contributed by atoms with Crippen LogP contribution < -0.4 is 5.32 Å². The molecule has 1 atom stereocenters. The van der Waals surface area contributed by atoms with E-state index < -0.39 is 0 Å². The van der Waals surface area contributed by atoms with Crippen LogP contribution in [0.5, 0.6) is 0 Å². The van der Waals surface area contributed by atoms with Crippen LogP contribution in [-0.2, 0) is 10.2 Å². The van der Waals surface area contributed by atoms with E-state index in [0.29, 0.717) is 6.04 Å². The third-order valence-electron chi connectivity index (χ3n) is 4.20. The van der Waals surface area contributed by atoms with Crippen molar-refractivity contribution in [3.63, 3.8) is 0 Å². The minimum Gasteiger partial charge on any atom is -0.379 e. The van der Waals surface area contributed by atoms with Crippen LogP contribution >= 0.6 is 11.3 Å². The fourth-order valence-corrected chi connectivity index (χ4v) is 4.32. The van der Waals surface area contributed by atoms with Crippen molar-refractivity contribution in [2.45, 2.75) is 24.8 Å². The van der Waals surface area contributed by atoms with Crippen LogP contribution in [-0.4, -0.2) is 50.8 Å². The molecule has 0 aromatic carbocycles. The molecule has 0 saturated carbocycles. The Bertz CT molecular complexity index is 414. The molecule has 1 aromatic heterocycles. The van der Waals surface area contributed by atoms with Gasteiger partial charge in [0.15, 0.2) is 0 Å². The SMILES string of the molecule is Cc1ccsc1C1(CC2CN(C)CCN2)COC1. The highest BCUT2D eigenvalue weighted by atomic mass is 32.1. The smallest absolute Gasteiger partial charge is 0.0594 e. The lowest BCUT2D eigenvalue weighted by Crippen LogP contribution is -2.56. The molecule has 2 aliphatic heterocycles. The van der Waals surface area contributed by atoms with E-state index in [2.05, 4.69) is 35.6 Å². The van der Waals surface area contributed by atoms with E-state index in [-0.39, 0.29) is 5.41 Å². The maximum absolute atomic E-state index is 5.55. The van der Waals surface area contributed by atoms with E-state index in [1.165, 1.54) is 12.0 Å². The van der Waals surface area contributed by atoms with Crippen LogP contribution in [0.4, 0.5) is 0 Å². The van der Waals surface area contributed by atoms with Gasteiger partial charge in [0.25, 0.3) is 0 Å². The van der Waals surface area contributed by atoms with Crippen molar-refractivity contribution in [3.05, 3.63) is 21.9 Å². The summed E-state index contributed by atoms with van der Waals surface area (Å²) in [5.74, 6) is 0. The van der Waals surface area contributed by atoms with Crippen LogP contribution in [0, 0.1) is 6.92 Å². The molecule has 3 heterocycles. The second kappa shape index (κ2) is 4.93. The molecule has 0 radical (unpaired) electrons. The molecule has 2 saturated heterocycles. The third kappa shape index (κ3) is 2.23. The molecule has 18 heavy (non-hydrogen) atoms. The summed E-state index contributed by atoms with van der Waals surface area (Å²) in [5.41, 5.74) is 1.72. The number of nitrogens with zero attached hydrogens (tertiary/aromatic N) is 1. The Morgan fingerprint density at radius 3 is 2.94 bits per heavy atom. The van der Waals surface area contributed by atoms with Gasteiger partial charge in [0.1, 0.15) is 0 Å². The summed E-state index contributed by atoms with van der Waals surface area (Å²) >= 11 is 1.90. The number of likely N-dealkylation sites (N-methyl/N-ethyl adjacent to an activating group) is 1. The van der Waals surface area contributed by atoms with Crippen molar-refractivity contribution in [2.24, 2.45) is 0 Å². The van der Waals surface area contributed by atoms with Crippen LogP contribution in [0.3, 0.4) is 0 Å². The number of hydrogen-bond donors (Lipinski definition) is 1. The van der Waals surface area contributed by atoms with E-state index in [4.69, 9.17) is 4.74 Å². The standard InChI is InChI=1S/C14H22N2OS/c1-11-3-6-18-13(11)14(9-17-10-14)7-12-8-16(2)5-4-15-12/h3,6,12,15H,4-5,7-10H2,1-2H3. The summed E-state index contributed by atoms with van der Waals surface area (Å²) in [6.45, 7) is 7.46. The van der Waals surface area contributed by atoms with Gasteiger partial charge in [0, 0.05) is 30.6 Å². The fraction of sp³-hybridized carbons (Fsp3) is 0.714. The highest BCUT2D eigenvalue weighted by Gasteiger charge is 2.44. The number of piperazine rings is 1. The molecular formula is C14H22N2OS. The molecule has 100 valence electrons. The van der Waals surface area contributed by atoms with Crippen molar-refractivity contribution >= 4 is 11.3 Å². The lowest BCUT2D eigenvalue weighted by atomic mass is 9.76. The number of thiophene rings is 1. The molecule has 0 amide bonds. The Kier molecular flexibility index (Phi) is 3.45. The first-order valence-corrected chi connectivity index (χ1v) is 7.62. The molecule has 1 N–H and O–H groups in total. The maximum Gasteiger partial charge on any atom is 0.0594 e. The predicted molar refractivity (Wildman–Crippen MR) is 75.5 cm³/mol. The average Bonchev–Trinajstić information content (AvgIpc) is 2.70. The second-order valence-corrected chi connectivity index (χ2v) is 6.74. The van der Waals surface area contributed by atoms with E-state index >= 15 is 0 Å². The molecule has 0 spiro atoms. The van der Waals surface area contributed by atoms with E-state index in [0.717, 1.165) is 32.8 Å². The Labute approximate surface area is 113 Å². The molecular weight excluding hydrogens is 244 g/mol. The number of aryl methyl sites for hydroxylation is 1. The zero-order valence-electron chi connectivity index (χ0n) is 11.2. The number of nitrogens with one attached hydrogen (secondary N) is 1. The van der Waals surface area contributed by atoms with E-state index in [9.17, 15) is 0 Å². The molecule has 4 heteroatoms. The zero-order valence-corrected chi connectivity index (χ0v) is 12.1. The van der Waals surface area contributed by atoms with Crippen LogP contribution in [0.15, 0.2) is 11.4 Å². The molecule has 0 bridgehead atoms. The molecule has 3 nitrogen and oxygen atoms in total. The fourth-order valence-electron chi connectivity index (χ4n) is 3.21. The first-order chi connectivity index (χ1) is 8.70. The predicted octanol–water partition coefficient (Wildman–Crippen LogP) is 1.62. The Hall–Kier alpha value is -0.420. The van der Waals surface area contributed by atoms with Crippen molar-refractivity contribution in [2.75, 3.05) is 39.9 Å². The lowest BCUT2D eigenvalue weighted by Gasteiger charge is -2.45. The number of ether oxygens (including phenoxy) is 1. The Balaban J connectivity index is 1.74.